The van der Waals surface area contributed by atoms with Crippen LogP contribution in [0.1, 0.15) is 34.6 Å². The number of carbonyl (C=O) groups excluding carboxylic acids is 1. The van der Waals surface area contributed by atoms with Gasteiger partial charge in [0, 0.05) is 38.2 Å². The van der Waals surface area contributed by atoms with Crippen LogP contribution in [0.3, 0.4) is 0 Å². The average Bonchev–Trinajstić information content (AvgIpc) is 2.61. The average molecular weight is 365 g/mol. The number of benzene rings is 1. The SMILES string of the molecule is Cc1nccc(OC2CCN(C(=O)c3ccccc3C(F)(F)F)CC2)n1. The maximum atomic E-state index is 13.1. The number of piperidine rings is 1. The molecule has 0 radical (unpaired) electrons. The minimum absolute atomic E-state index is 0.133. The smallest absolute Gasteiger partial charge is 0.417 e. The molecule has 1 fully saturated rings. The Bertz CT molecular complexity index is 787. The predicted octanol–water partition coefficient (Wildman–Crippen LogP) is 3.49. The topological polar surface area (TPSA) is 55.3 Å². The zero-order chi connectivity index (χ0) is 18.7. The fraction of sp³-hybridized carbons (Fsp3) is 0.389. The number of amides is 1. The van der Waals surface area contributed by atoms with Crippen LogP contribution in [0.5, 0.6) is 5.88 Å². The summed E-state index contributed by atoms with van der Waals surface area (Å²) in [7, 11) is 0. The van der Waals surface area contributed by atoms with E-state index in [9.17, 15) is 18.0 Å². The van der Waals surface area contributed by atoms with Crippen LogP contribution in [-0.2, 0) is 6.18 Å². The van der Waals surface area contributed by atoms with Crippen molar-refractivity contribution >= 4 is 5.91 Å². The summed E-state index contributed by atoms with van der Waals surface area (Å²) in [5, 5.41) is 0. The lowest BCUT2D eigenvalue weighted by Gasteiger charge is -2.32. The van der Waals surface area contributed by atoms with Gasteiger partial charge in [0.1, 0.15) is 11.9 Å². The van der Waals surface area contributed by atoms with E-state index < -0.39 is 17.6 Å². The van der Waals surface area contributed by atoms with Crippen LogP contribution in [-0.4, -0.2) is 40.0 Å². The Kier molecular flexibility index (Phi) is 5.11. The Labute approximate surface area is 148 Å². The second-order valence-corrected chi connectivity index (χ2v) is 6.09. The number of carbonyl (C=O) groups is 1. The minimum atomic E-state index is -4.56. The van der Waals surface area contributed by atoms with E-state index in [1.165, 1.54) is 23.1 Å². The van der Waals surface area contributed by atoms with E-state index in [2.05, 4.69) is 9.97 Å². The molecule has 1 saturated heterocycles. The lowest BCUT2D eigenvalue weighted by Crippen LogP contribution is -2.42. The molecule has 0 bridgehead atoms. The standard InChI is InChI=1S/C18H18F3N3O2/c1-12-22-9-6-16(23-12)26-13-7-10-24(11-8-13)17(25)14-4-2-3-5-15(14)18(19,20)21/h2-6,9,13H,7-8,10-11H2,1H3. The number of hydrogen-bond acceptors (Lipinski definition) is 4. The predicted molar refractivity (Wildman–Crippen MR) is 87.8 cm³/mol. The minimum Gasteiger partial charge on any atom is -0.474 e. The summed E-state index contributed by atoms with van der Waals surface area (Å²) in [5.41, 5.74) is -1.22. The summed E-state index contributed by atoms with van der Waals surface area (Å²) < 4.78 is 45.1. The number of hydrogen-bond donors (Lipinski definition) is 0. The van der Waals surface area contributed by atoms with E-state index in [1.807, 2.05) is 0 Å². The highest BCUT2D eigenvalue weighted by molar-refractivity contribution is 5.96. The van der Waals surface area contributed by atoms with Crippen LogP contribution >= 0.6 is 0 Å². The molecule has 0 aliphatic carbocycles. The first kappa shape index (κ1) is 18.2. The van der Waals surface area contributed by atoms with Crippen molar-refractivity contribution in [3.05, 3.63) is 53.5 Å². The number of likely N-dealkylation sites (tertiary alicyclic amines) is 1. The number of aromatic nitrogens is 2. The molecule has 138 valence electrons. The van der Waals surface area contributed by atoms with Crippen LogP contribution in [0.15, 0.2) is 36.5 Å². The van der Waals surface area contributed by atoms with E-state index in [4.69, 9.17) is 4.74 Å². The molecule has 26 heavy (non-hydrogen) atoms. The van der Waals surface area contributed by atoms with Gasteiger partial charge in [-0.1, -0.05) is 12.1 Å². The first-order valence-corrected chi connectivity index (χ1v) is 8.26. The van der Waals surface area contributed by atoms with Crippen LogP contribution in [0.4, 0.5) is 13.2 Å². The summed E-state index contributed by atoms with van der Waals surface area (Å²) in [5.74, 6) is 0.456. The summed E-state index contributed by atoms with van der Waals surface area (Å²) in [6.45, 7) is 2.42. The summed E-state index contributed by atoms with van der Waals surface area (Å²) in [6, 6.07) is 6.53. The van der Waals surface area contributed by atoms with E-state index in [0.717, 1.165) is 6.07 Å². The molecule has 0 unspecified atom stereocenters. The third-order valence-corrected chi connectivity index (χ3v) is 4.23. The van der Waals surface area contributed by atoms with Gasteiger partial charge < -0.3 is 9.64 Å². The Morgan fingerprint density at radius 3 is 2.54 bits per heavy atom. The molecular weight excluding hydrogens is 347 g/mol. The zero-order valence-electron chi connectivity index (χ0n) is 14.2. The maximum Gasteiger partial charge on any atom is 0.417 e. The second kappa shape index (κ2) is 7.31. The number of aryl methyl sites for hydroxylation is 1. The number of alkyl halides is 3. The fourth-order valence-electron chi connectivity index (χ4n) is 2.93. The highest BCUT2D eigenvalue weighted by atomic mass is 19.4. The first-order chi connectivity index (χ1) is 12.3. The molecule has 3 rings (SSSR count). The van der Waals surface area contributed by atoms with Crippen molar-refractivity contribution in [3.8, 4) is 5.88 Å². The summed E-state index contributed by atoms with van der Waals surface area (Å²) >= 11 is 0. The first-order valence-electron chi connectivity index (χ1n) is 8.26. The van der Waals surface area contributed by atoms with Gasteiger partial charge in [-0.2, -0.15) is 18.2 Å². The van der Waals surface area contributed by atoms with Crippen molar-refractivity contribution in [1.29, 1.82) is 0 Å². The second-order valence-electron chi connectivity index (χ2n) is 6.09. The van der Waals surface area contributed by atoms with Crippen molar-refractivity contribution in [2.75, 3.05) is 13.1 Å². The monoisotopic (exact) mass is 365 g/mol. The molecular formula is C18H18F3N3O2. The highest BCUT2D eigenvalue weighted by Gasteiger charge is 2.36. The van der Waals surface area contributed by atoms with Crippen molar-refractivity contribution in [3.63, 3.8) is 0 Å². The molecule has 5 nitrogen and oxygen atoms in total. The number of ether oxygens (including phenoxy) is 1. The highest BCUT2D eigenvalue weighted by Crippen LogP contribution is 2.32. The van der Waals surface area contributed by atoms with Gasteiger partial charge in [0.05, 0.1) is 11.1 Å². The van der Waals surface area contributed by atoms with Crippen molar-refractivity contribution < 1.29 is 22.7 Å². The molecule has 1 aromatic heterocycles. The van der Waals surface area contributed by atoms with Gasteiger partial charge in [0.25, 0.3) is 5.91 Å². The van der Waals surface area contributed by atoms with Gasteiger partial charge in [-0.3, -0.25) is 4.79 Å². The number of halogens is 3. The Morgan fingerprint density at radius 1 is 1.19 bits per heavy atom. The van der Waals surface area contributed by atoms with E-state index >= 15 is 0 Å². The molecule has 0 saturated carbocycles. The maximum absolute atomic E-state index is 13.1. The molecule has 8 heteroatoms. The Balaban J connectivity index is 1.64. The molecule has 1 aliphatic rings. The van der Waals surface area contributed by atoms with Gasteiger partial charge in [-0.25, -0.2) is 4.98 Å². The molecule has 0 N–H and O–H groups in total. The van der Waals surface area contributed by atoms with Crippen LogP contribution in [0.2, 0.25) is 0 Å². The van der Waals surface area contributed by atoms with Crippen LogP contribution in [0, 0.1) is 6.92 Å². The quantitative estimate of drug-likeness (QED) is 0.836. The Hall–Kier alpha value is -2.64. The lowest BCUT2D eigenvalue weighted by atomic mass is 10.0. The van der Waals surface area contributed by atoms with Crippen LogP contribution in [0.25, 0.3) is 0 Å². The van der Waals surface area contributed by atoms with E-state index in [-0.39, 0.29) is 11.7 Å². The summed E-state index contributed by atoms with van der Waals surface area (Å²) in [6.07, 6.45) is -2.03. The summed E-state index contributed by atoms with van der Waals surface area (Å²) in [4.78, 5) is 22.1. The number of nitrogens with zero attached hydrogens (tertiary/aromatic N) is 3. The van der Waals surface area contributed by atoms with Gasteiger partial charge in [-0.15, -0.1) is 0 Å². The Morgan fingerprint density at radius 2 is 1.88 bits per heavy atom. The van der Waals surface area contributed by atoms with Gasteiger partial charge in [0.2, 0.25) is 5.88 Å². The van der Waals surface area contributed by atoms with E-state index in [1.54, 1.807) is 19.2 Å². The van der Waals surface area contributed by atoms with Crippen LogP contribution < -0.4 is 4.74 Å². The molecule has 0 atom stereocenters. The lowest BCUT2D eigenvalue weighted by molar-refractivity contribution is -0.138. The zero-order valence-corrected chi connectivity index (χ0v) is 14.2. The molecule has 0 spiro atoms. The molecule has 2 heterocycles. The molecule has 1 amide bonds. The fourth-order valence-corrected chi connectivity index (χ4v) is 2.93. The third-order valence-electron chi connectivity index (χ3n) is 4.23. The van der Waals surface area contributed by atoms with Gasteiger partial charge in [0.15, 0.2) is 0 Å². The van der Waals surface area contributed by atoms with E-state index in [0.29, 0.717) is 37.6 Å². The van der Waals surface area contributed by atoms with Gasteiger partial charge >= 0.3 is 6.18 Å². The van der Waals surface area contributed by atoms with Crippen molar-refractivity contribution in [1.82, 2.24) is 14.9 Å². The van der Waals surface area contributed by atoms with Crippen molar-refractivity contribution in [2.45, 2.75) is 32.0 Å². The molecule has 1 aliphatic heterocycles. The largest absolute Gasteiger partial charge is 0.474 e. The number of rotatable bonds is 3. The third kappa shape index (κ3) is 4.12. The molecule has 2 aromatic rings. The van der Waals surface area contributed by atoms with Crippen molar-refractivity contribution in [2.24, 2.45) is 0 Å². The molecule has 1 aromatic carbocycles. The van der Waals surface area contributed by atoms with Gasteiger partial charge in [-0.05, 0) is 19.1 Å². The normalized spacial score (nSPS) is 15.8.